The molecule has 0 atom stereocenters. The Bertz CT molecular complexity index is 896. The van der Waals surface area contributed by atoms with E-state index in [1.807, 2.05) is 72.6 Å². The zero-order chi connectivity index (χ0) is 21.4. The van der Waals surface area contributed by atoms with Crippen molar-refractivity contribution in [1.82, 2.24) is 9.73 Å². The standard InChI is InChI=1S/C23H31N3O3S/c1-2-3-18-30(28,29)25-16-14-21(15-17-25)23(27)24-26(22-12-8-5-9-13-22)19-20-10-6-4-7-11-20/h4-13,21H,2-3,14-19H2,1H3,(H,24,27). The summed E-state index contributed by atoms with van der Waals surface area (Å²) in [5.41, 5.74) is 5.07. The van der Waals surface area contributed by atoms with Crippen molar-refractivity contribution in [1.29, 1.82) is 0 Å². The Hall–Kier alpha value is -2.38. The summed E-state index contributed by atoms with van der Waals surface area (Å²) >= 11 is 0. The fourth-order valence-corrected chi connectivity index (χ4v) is 5.32. The van der Waals surface area contributed by atoms with Crippen LogP contribution < -0.4 is 10.4 Å². The van der Waals surface area contributed by atoms with Crippen LogP contribution in [0, 0.1) is 5.92 Å². The normalized spacial score (nSPS) is 15.6. The number of piperidine rings is 1. The van der Waals surface area contributed by atoms with Crippen LogP contribution in [0.1, 0.15) is 38.2 Å². The van der Waals surface area contributed by atoms with Gasteiger partial charge in [-0.15, -0.1) is 0 Å². The maximum Gasteiger partial charge on any atom is 0.241 e. The fourth-order valence-electron chi connectivity index (χ4n) is 3.65. The second-order valence-corrected chi connectivity index (χ2v) is 9.81. The van der Waals surface area contributed by atoms with Crippen molar-refractivity contribution in [3.05, 3.63) is 66.2 Å². The van der Waals surface area contributed by atoms with Crippen molar-refractivity contribution in [3.63, 3.8) is 0 Å². The van der Waals surface area contributed by atoms with E-state index < -0.39 is 10.0 Å². The molecule has 3 rings (SSSR count). The predicted molar refractivity (Wildman–Crippen MR) is 120 cm³/mol. The molecular formula is C23H31N3O3S. The lowest BCUT2D eigenvalue weighted by atomic mass is 9.97. The Kier molecular flexibility index (Phi) is 7.87. The molecule has 0 bridgehead atoms. The first kappa shape index (κ1) is 22.3. The van der Waals surface area contributed by atoms with Crippen LogP contribution in [0.3, 0.4) is 0 Å². The van der Waals surface area contributed by atoms with Crippen molar-refractivity contribution < 1.29 is 13.2 Å². The first-order valence-electron chi connectivity index (χ1n) is 10.6. The van der Waals surface area contributed by atoms with Crippen molar-refractivity contribution in [3.8, 4) is 0 Å². The molecule has 0 aliphatic carbocycles. The molecule has 1 amide bonds. The van der Waals surface area contributed by atoms with Crippen LogP contribution >= 0.6 is 0 Å². The van der Waals surface area contributed by atoms with E-state index >= 15 is 0 Å². The number of nitrogens with one attached hydrogen (secondary N) is 1. The minimum Gasteiger partial charge on any atom is -0.281 e. The van der Waals surface area contributed by atoms with Gasteiger partial charge in [0.15, 0.2) is 0 Å². The van der Waals surface area contributed by atoms with Gasteiger partial charge in [0, 0.05) is 19.0 Å². The Morgan fingerprint density at radius 1 is 1.03 bits per heavy atom. The molecule has 1 N–H and O–H groups in total. The molecule has 30 heavy (non-hydrogen) atoms. The summed E-state index contributed by atoms with van der Waals surface area (Å²) in [6.45, 7) is 3.36. The number of amides is 1. The van der Waals surface area contributed by atoms with Crippen LogP contribution in [0.4, 0.5) is 5.69 Å². The number of para-hydroxylation sites is 1. The summed E-state index contributed by atoms with van der Waals surface area (Å²) in [7, 11) is -3.21. The van der Waals surface area contributed by atoms with E-state index in [9.17, 15) is 13.2 Å². The topological polar surface area (TPSA) is 69.7 Å². The van der Waals surface area contributed by atoms with E-state index in [1.54, 1.807) is 4.31 Å². The van der Waals surface area contributed by atoms with Gasteiger partial charge >= 0.3 is 0 Å². The lowest BCUT2D eigenvalue weighted by Crippen LogP contribution is -2.48. The largest absolute Gasteiger partial charge is 0.281 e. The number of anilines is 1. The zero-order valence-electron chi connectivity index (χ0n) is 17.5. The Morgan fingerprint density at radius 3 is 2.23 bits per heavy atom. The number of rotatable bonds is 9. The van der Waals surface area contributed by atoms with Crippen LogP contribution in [0.2, 0.25) is 0 Å². The number of hydrazine groups is 1. The van der Waals surface area contributed by atoms with Gasteiger partial charge in [0.1, 0.15) is 0 Å². The van der Waals surface area contributed by atoms with Crippen molar-refractivity contribution >= 4 is 21.6 Å². The van der Waals surface area contributed by atoms with Crippen molar-refractivity contribution in [2.45, 2.75) is 39.2 Å². The van der Waals surface area contributed by atoms with Gasteiger partial charge < -0.3 is 0 Å². The summed E-state index contributed by atoms with van der Waals surface area (Å²) in [5.74, 6) is -0.0517. The van der Waals surface area contributed by atoms with Crippen LogP contribution in [0.5, 0.6) is 0 Å². The van der Waals surface area contributed by atoms with Gasteiger partial charge in [-0.25, -0.2) is 12.7 Å². The number of carbonyl (C=O) groups excluding carboxylic acids is 1. The molecule has 0 spiro atoms. The molecule has 2 aromatic rings. The maximum atomic E-state index is 13.0. The first-order chi connectivity index (χ1) is 14.5. The number of carbonyl (C=O) groups is 1. The number of sulfonamides is 1. The first-order valence-corrected chi connectivity index (χ1v) is 12.3. The smallest absolute Gasteiger partial charge is 0.241 e. The van der Waals surface area contributed by atoms with E-state index in [0.717, 1.165) is 17.7 Å². The summed E-state index contributed by atoms with van der Waals surface area (Å²) in [6, 6.07) is 19.8. The number of hydrogen-bond donors (Lipinski definition) is 1. The molecule has 6 nitrogen and oxygen atoms in total. The summed E-state index contributed by atoms with van der Waals surface area (Å²) in [4.78, 5) is 13.0. The monoisotopic (exact) mass is 429 g/mol. The van der Waals surface area contributed by atoms with Crippen LogP contribution in [-0.2, 0) is 21.4 Å². The van der Waals surface area contributed by atoms with Gasteiger partial charge in [-0.2, -0.15) is 0 Å². The Morgan fingerprint density at radius 2 is 1.63 bits per heavy atom. The minimum atomic E-state index is -3.21. The third kappa shape index (κ3) is 6.06. The molecular weight excluding hydrogens is 398 g/mol. The maximum absolute atomic E-state index is 13.0. The molecule has 162 valence electrons. The van der Waals surface area contributed by atoms with Gasteiger partial charge in [0.05, 0.1) is 18.0 Å². The molecule has 2 aromatic carbocycles. The number of unbranched alkanes of at least 4 members (excludes halogenated alkanes) is 1. The van der Waals surface area contributed by atoms with Crippen molar-refractivity contribution in [2.24, 2.45) is 5.92 Å². The summed E-state index contributed by atoms with van der Waals surface area (Å²) in [6.07, 6.45) is 2.62. The highest BCUT2D eigenvalue weighted by molar-refractivity contribution is 7.89. The predicted octanol–water partition coefficient (Wildman–Crippen LogP) is 3.57. The molecule has 1 saturated heterocycles. The third-order valence-electron chi connectivity index (χ3n) is 5.47. The van der Waals surface area contributed by atoms with Crippen LogP contribution in [0.25, 0.3) is 0 Å². The SMILES string of the molecule is CCCCS(=O)(=O)N1CCC(C(=O)NN(Cc2ccccc2)c2ccccc2)CC1. The van der Waals surface area contributed by atoms with E-state index in [0.29, 0.717) is 38.9 Å². The van der Waals surface area contributed by atoms with Gasteiger partial charge in [-0.3, -0.25) is 15.2 Å². The molecule has 0 saturated carbocycles. The van der Waals surface area contributed by atoms with Crippen molar-refractivity contribution in [2.75, 3.05) is 23.9 Å². The second-order valence-electron chi connectivity index (χ2n) is 7.73. The van der Waals surface area contributed by atoms with Gasteiger partial charge in [0.2, 0.25) is 15.9 Å². The highest BCUT2D eigenvalue weighted by Gasteiger charge is 2.31. The molecule has 7 heteroatoms. The van der Waals surface area contributed by atoms with E-state index in [4.69, 9.17) is 0 Å². The average Bonchev–Trinajstić information content (AvgIpc) is 2.78. The number of benzene rings is 2. The quantitative estimate of drug-likeness (QED) is 0.619. The fraction of sp³-hybridized carbons (Fsp3) is 0.435. The Balaban J connectivity index is 1.62. The van der Waals surface area contributed by atoms with E-state index in [-0.39, 0.29) is 17.6 Å². The van der Waals surface area contributed by atoms with Gasteiger partial charge in [-0.1, -0.05) is 61.9 Å². The van der Waals surface area contributed by atoms with Crippen LogP contribution in [-0.4, -0.2) is 37.5 Å². The molecule has 0 unspecified atom stereocenters. The summed E-state index contributed by atoms with van der Waals surface area (Å²) in [5, 5.41) is 1.86. The molecule has 0 aromatic heterocycles. The lowest BCUT2D eigenvalue weighted by Gasteiger charge is -2.33. The van der Waals surface area contributed by atoms with Crippen LogP contribution in [0.15, 0.2) is 60.7 Å². The molecule has 1 heterocycles. The highest BCUT2D eigenvalue weighted by atomic mass is 32.2. The molecule has 1 fully saturated rings. The van der Waals surface area contributed by atoms with Gasteiger partial charge in [0.25, 0.3) is 0 Å². The molecule has 0 radical (unpaired) electrons. The zero-order valence-corrected chi connectivity index (χ0v) is 18.4. The molecule has 1 aliphatic heterocycles. The highest BCUT2D eigenvalue weighted by Crippen LogP contribution is 2.22. The minimum absolute atomic E-state index is 0.0552. The number of nitrogens with zero attached hydrogens (tertiary/aromatic N) is 2. The number of hydrogen-bond acceptors (Lipinski definition) is 4. The third-order valence-corrected chi connectivity index (χ3v) is 7.43. The van der Waals surface area contributed by atoms with Gasteiger partial charge in [-0.05, 0) is 37.0 Å². The average molecular weight is 430 g/mol. The summed E-state index contributed by atoms with van der Waals surface area (Å²) < 4.78 is 26.4. The Labute approximate surface area is 179 Å². The lowest BCUT2D eigenvalue weighted by molar-refractivity contribution is -0.126. The molecule has 1 aliphatic rings. The second kappa shape index (κ2) is 10.6. The van der Waals surface area contributed by atoms with E-state index in [1.165, 1.54) is 0 Å². The van der Waals surface area contributed by atoms with E-state index in [2.05, 4.69) is 5.43 Å².